The molecule has 1 aromatic heterocycles. The molecule has 0 radical (unpaired) electrons. The van der Waals surface area contributed by atoms with E-state index in [1.807, 2.05) is 6.92 Å². The Bertz CT molecular complexity index is 445. The van der Waals surface area contributed by atoms with Crippen LogP contribution in [0.2, 0.25) is 0 Å². The predicted molar refractivity (Wildman–Crippen MR) is 72.0 cm³/mol. The van der Waals surface area contributed by atoms with Gasteiger partial charge in [-0.25, -0.2) is 4.98 Å². The second-order valence-corrected chi connectivity index (χ2v) is 5.57. The lowest BCUT2D eigenvalue weighted by atomic mass is 9.74. The average Bonchev–Trinajstić information content (AvgIpc) is 2.91. The molecule has 3 N–H and O–H groups in total. The summed E-state index contributed by atoms with van der Waals surface area (Å²) >= 11 is 0. The predicted octanol–water partition coefficient (Wildman–Crippen LogP) is 2.04. The molecular formula is C13H22F3N5. The molecule has 0 amide bonds. The van der Waals surface area contributed by atoms with Gasteiger partial charge in [0.2, 0.25) is 0 Å². The zero-order valence-electron chi connectivity index (χ0n) is 12.1. The maximum Gasteiger partial charge on any atom is 0.392 e. The highest BCUT2D eigenvalue weighted by atomic mass is 19.4. The Hall–Kier alpha value is -1.15. The van der Waals surface area contributed by atoms with Crippen molar-refractivity contribution in [2.24, 2.45) is 17.7 Å². The zero-order valence-corrected chi connectivity index (χ0v) is 12.1. The molecule has 1 aliphatic carbocycles. The summed E-state index contributed by atoms with van der Waals surface area (Å²) in [5, 5.41) is 4.05. The molecule has 3 unspecified atom stereocenters. The maximum atomic E-state index is 13.2. The van der Waals surface area contributed by atoms with Crippen molar-refractivity contribution in [3.63, 3.8) is 0 Å². The number of nitrogens with two attached hydrogens (primary N) is 1. The summed E-state index contributed by atoms with van der Waals surface area (Å²) in [6.07, 6.45) is -0.208. The molecule has 120 valence electrons. The van der Waals surface area contributed by atoms with Gasteiger partial charge in [-0.1, -0.05) is 12.8 Å². The fourth-order valence-electron chi connectivity index (χ4n) is 3.29. The van der Waals surface area contributed by atoms with E-state index in [2.05, 4.69) is 15.5 Å². The molecule has 21 heavy (non-hydrogen) atoms. The lowest BCUT2D eigenvalue weighted by molar-refractivity contribution is -0.199. The Balaban J connectivity index is 2.15. The highest BCUT2D eigenvalue weighted by molar-refractivity contribution is 4.95. The van der Waals surface area contributed by atoms with Crippen LogP contribution in [0, 0.1) is 11.8 Å². The second-order valence-electron chi connectivity index (χ2n) is 5.57. The van der Waals surface area contributed by atoms with Crippen molar-refractivity contribution in [3.8, 4) is 0 Å². The van der Waals surface area contributed by atoms with E-state index in [0.717, 1.165) is 6.42 Å². The summed E-state index contributed by atoms with van der Waals surface area (Å²) in [5.74, 6) is 4.42. The molecule has 0 aromatic carbocycles. The van der Waals surface area contributed by atoms with Crippen molar-refractivity contribution >= 4 is 0 Å². The zero-order chi connectivity index (χ0) is 15.5. The highest BCUT2D eigenvalue weighted by Gasteiger charge is 2.47. The van der Waals surface area contributed by atoms with E-state index in [9.17, 15) is 13.2 Å². The molecule has 3 atom stereocenters. The minimum absolute atomic E-state index is 0.187. The van der Waals surface area contributed by atoms with Gasteiger partial charge in [0.15, 0.2) is 0 Å². The number of hydrazine groups is 1. The van der Waals surface area contributed by atoms with Crippen LogP contribution in [-0.4, -0.2) is 27.0 Å². The molecule has 1 fully saturated rings. The maximum absolute atomic E-state index is 13.2. The SMILES string of the molecule is CCn1ncnc1CC(NN)C1CCCCC1C(F)(F)F. The molecule has 1 heterocycles. The van der Waals surface area contributed by atoms with Crippen LogP contribution in [-0.2, 0) is 13.0 Å². The third kappa shape index (κ3) is 3.74. The van der Waals surface area contributed by atoms with Crippen LogP contribution in [0.25, 0.3) is 0 Å². The van der Waals surface area contributed by atoms with Crippen LogP contribution in [0.3, 0.4) is 0 Å². The standard InChI is InChI=1S/C13H22F3N5/c1-2-21-12(18-8-19-21)7-11(20-17)9-5-3-4-6-10(9)13(14,15)16/h8-11,20H,2-7,17H2,1H3. The Morgan fingerprint density at radius 2 is 2.14 bits per heavy atom. The molecule has 8 heteroatoms. The second kappa shape index (κ2) is 6.74. The van der Waals surface area contributed by atoms with Gasteiger partial charge in [-0.05, 0) is 25.7 Å². The molecule has 0 bridgehead atoms. The van der Waals surface area contributed by atoms with Crippen LogP contribution in [0.4, 0.5) is 13.2 Å². The van der Waals surface area contributed by atoms with Crippen molar-refractivity contribution in [3.05, 3.63) is 12.2 Å². The fourth-order valence-corrected chi connectivity index (χ4v) is 3.29. The molecule has 1 saturated carbocycles. The van der Waals surface area contributed by atoms with Gasteiger partial charge in [0.05, 0.1) is 5.92 Å². The molecule has 0 spiro atoms. The summed E-state index contributed by atoms with van der Waals surface area (Å²) in [5.41, 5.74) is 2.58. The van der Waals surface area contributed by atoms with Gasteiger partial charge in [-0.15, -0.1) is 0 Å². The Morgan fingerprint density at radius 1 is 1.43 bits per heavy atom. The van der Waals surface area contributed by atoms with Crippen LogP contribution >= 0.6 is 0 Å². The quantitative estimate of drug-likeness (QED) is 0.645. The van der Waals surface area contributed by atoms with Crippen LogP contribution < -0.4 is 11.3 Å². The number of nitrogens with one attached hydrogen (secondary N) is 1. The first-order valence-electron chi connectivity index (χ1n) is 7.36. The first kappa shape index (κ1) is 16.2. The number of halogens is 3. The summed E-state index contributed by atoms with van der Waals surface area (Å²) < 4.78 is 41.3. The number of rotatable bonds is 5. The van der Waals surface area contributed by atoms with Crippen LogP contribution in [0.5, 0.6) is 0 Å². The summed E-state index contributed by atoms with van der Waals surface area (Å²) in [6.45, 7) is 2.56. The van der Waals surface area contributed by atoms with E-state index in [0.29, 0.717) is 31.6 Å². The normalized spacial score (nSPS) is 25.0. The van der Waals surface area contributed by atoms with Crippen molar-refractivity contribution in [1.82, 2.24) is 20.2 Å². The molecular weight excluding hydrogens is 283 g/mol. The van der Waals surface area contributed by atoms with Gasteiger partial charge < -0.3 is 0 Å². The van der Waals surface area contributed by atoms with E-state index >= 15 is 0 Å². The van der Waals surface area contributed by atoms with Gasteiger partial charge in [-0.3, -0.25) is 16.0 Å². The first-order valence-corrected chi connectivity index (χ1v) is 7.36. The Labute approximate surface area is 122 Å². The Kier molecular flexibility index (Phi) is 5.21. The van der Waals surface area contributed by atoms with E-state index in [1.165, 1.54) is 6.33 Å². The van der Waals surface area contributed by atoms with Gasteiger partial charge in [-0.2, -0.15) is 18.3 Å². The lowest BCUT2D eigenvalue weighted by Gasteiger charge is -2.37. The summed E-state index contributed by atoms with van der Waals surface area (Å²) in [4.78, 5) is 4.13. The van der Waals surface area contributed by atoms with Crippen LogP contribution in [0.15, 0.2) is 6.33 Å². The van der Waals surface area contributed by atoms with Crippen molar-refractivity contribution in [1.29, 1.82) is 0 Å². The molecule has 1 aliphatic rings. The minimum Gasteiger partial charge on any atom is -0.271 e. The average molecular weight is 305 g/mol. The van der Waals surface area contributed by atoms with Gasteiger partial charge in [0.25, 0.3) is 0 Å². The number of hydrogen-bond donors (Lipinski definition) is 2. The van der Waals surface area contributed by atoms with E-state index in [4.69, 9.17) is 5.84 Å². The summed E-state index contributed by atoms with van der Waals surface area (Å²) in [7, 11) is 0. The van der Waals surface area contributed by atoms with Gasteiger partial charge >= 0.3 is 6.18 Å². The number of hydrogen-bond acceptors (Lipinski definition) is 4. The molecule has 0 saturated heterocycles. The third-order valence-corrected chi connectivity index (χ3v) is 4.37. The molecule has 1 aromatic rings. The monoisotopic (exact) mass is 305 g/mol. The number of aromatic nitrogens is 3. The molecule has 0 aliphatic heterocycles. The lowest BCUT2D eigenvalue weighted by Crippen LogP contribution is -2.49. The van der Waals surface area contributed by atoms with Gasteiger partial charge in [0.1, 0.15) is 12.2 Å². The van der Waals surface area contributed by atoms with Crippen molar-refractivity contribution < 1.29 is 13.2 Å². The van der Waals surface area contributed by atoms with Crippen LogP contribution in [0.1, 0.15) is 38.4 Å². The number of alkyl halides is 3. The number of aryl methyl sites for hydroxylation is 1. The topological polar surface area (TPSA) is 68.8 Å². The van der Waals surface area contributed by atoms with E-state index < -0.39 is 24.1 Å². The van der Waals surface area contributed by atoms with E-state index in [1.54, 1.807) is 4.68 Å². The van der Waals surface area contributed by atoms with E-state index in [-0.39, 0.29) is 6.42 Å². The van der Waals surface area contributed by atoms with Crippen molar-refractivity contribution in [2.75, 3.05) is 0 Å². The highest BCUT2D eigenvalue weighted by Crippen LogP contribution is 2.43. The number of nitrogens with zero attached hydrogens (tertiary/aromatic N) is 3. The Morgan fingerprint density at radius 3 is 2.76 bits per heavy atom. The van der Waals surface area contributed by atoms with Gasteiger partial charge in [0, 0.05) is 19.0 Å². The minimum atomic E-state index is -4.17. The smallest absolute Gasteiger partial charge is 0.271 e. The molecule has 5 nitrogen and oxygen atoms in total. The molecule has 2 rings (SSSR count). The fraction of sp³-hybridized carbons (Fsp3) is 0.846. The third-order valence-electron chi connectivity index (χ3n) is 4.37. The van der Waals surface area contributed by atoms with Crippen molar-refractivity contribution in [2.45, 2.75) is 57.8 Å². The first-order chi connectivity index (χ1) is 9.97. The largest absolute Gasteiger partial charge is 0.392 e. The summed E-state index contributed by atoms with van der Waals surface area (Å²) in [6, 6.07) is -0.438.